The quantitative estimate of drug-likeness (QED) is 0.741. The average molecular weight is 222 g/mol. The highest BCUT2D eigenvalue weighted by atomic mass is 16.2. The Kier molecular flexibility index (Phi) is 2.46. The van der Waals surface area contributed by atoms with E-state index in [4.69, 9.17) is 0 Å². The van der Waals surface area contributed by atoms with Crippen molar-refractivity contribution >= 4 is 11.7 Å². The summed E-state index contributed by atoms with van der Waals surface area (Å²) in [5, 5.41) is 2.92. The Morgan fingerprint density at radius 1 is 1.38 bits per heavy atom. The molecule has 1 saturated carbocycles. The number of carbonyl (C=O) groups is 2. The van der Waals surface area contributed by atoms with Crippen LogP contribution in [0.25, 0.3) is 0 Å². The van der Waals surface area contributed by atoms with Gasteiger partial charge < -0.3 is 5.32 Å². The summed E-state index contributed by atoms with van der Waals surface area (Å²) in [6, 6.07) is 0.281. The number of hydrogen-bond acceptors (Lipinski definition) is 3. The smallest absolute Gasteiger partial charge is 0.224 e. The summed E-state index contributed by atoms with van der Waals surface area (Å²) < 4.78 is 0. The summed E-state index contributed by atoms with van der Waals surface area (Å²) in [5.74, 6) is 1.06. The first-order valence-corrected chi connectivity index (χ1v) is 6.30. The predicted octanol–water partition coefficient (Wildman–Crippen LogP) is 0.176. The van der Waals surface area contributed by atoms with Crippen molar-refractivity contribution in [2.45, 2.75) is 31.7 Å². The summed E-state index contributed by atoms with van der Waals surface area (Å²) in [4.78, 5) is 25.6. The van der Waals surface area contributed by atoms with Crippen molar-refractivity contribution in [3.8, 4) is 0 Å². The summed E-state index contributed by atoms with van der Waals surface area (Å²) in [6.07, 6.45) is 4.20. The minimum Gasteiger partial charge on any atom is -0.354 e. The second-order valence-corrected chi connectivity index (χ2v) is 5.27. The number of ketones is 1. The van der Waals surface area contributed by atoms with Gasteiger partial charge in [-0.25, -0.2) is 0 Å². The zero-order chi connectivity index (χ0) is 11.1. The third kappa shape index (κ3) is 1.75. The van der Waals surface area contributed by atoms with Crippen LogP contribution in [-0.4, -0.2) is 42.3 Å². The standard InChI is InChI=1S/C12H18N2O2/c15-11(8-3-4-8)7-14-5-1-2-9-10(14)6-13-12(9)16/h8-10H,1-7H2,(H,13,16). The predicted molar refractivity (Wildman–Crippen MR) is 58.8 cm³/mol. The molecule has 0 spiro atoms. The van der Waals surface area contributed by atoms with Gasteiger partial charge in [-0.15, -0.1) is 0 Å². The van der Waals surface area contributed by atoms with Crippen molar-refractivity contribution in [2.75, 3.05) is 19.6 Å². The number of carbonyl (C=O) groups excluding carboxylic acids is 2. The van der Waals surface area contributed by atoms with Crippen LogP contribution < -0.4 is 5.32 Å². The van der Waals surface area contributed by atoms with Crippen molar-refractivity contribution in [3.63, 3.8) is 0 Å². The number of piperidine rings is 1. The van der Waals surface area contributed by atoms with E-state index in [2.05, 4.69) is 10.2 Å². The molecular formula is C12H18N2O2. The van der Waals surface area contributed by atoms with E-state index in [-0.39, 0.29) is 17.9 Å². The van der Waals surface area contributed by atoms with Gasteiger partial charge in [-0.3, -0.25) is 14.5 Å². The molecule has 4 nitrogen and oxygen atoms in total. The van der Waals surface area contributed by atoms with Crippen molar-refractivity contribution in [1.82, 2.24) is 10.2 Å². The number of hydrogen-bond donors (Lipinski definition) is 1. The number of Topliss-reactive ketones (excluding diaryl/α,β-unsaturated/α-hetero) is 1. The minimum atomic E-state index is 0.140. The van der Waals surface area contributed by atoms with E-state index >= 15 is 0 Å². The van der Waals surface area contributed by atoms with E-state index in [1.807, 2.05) is 0 Å². The number of amides is 1. The second-order valence-electron chi connectivity index (χ2n) is 5.27. The van der Waals surface area contributed by atoms with Gasteiger partial charge in [0.15, 0.2) is 0 Å². The molecule has 2 atom stereocenters. The Balaban J connectivity index is 1.65. The van der Waals surface area contributed by atoms with Gasteiger partial charge in [0.25, 0.3) is 0 Å². The highest BCUT2D eigenvalue weighted by molar-refractivity contribution is 5.85. The van der Waals surface area contributed by atoms with Gasteiger partial charge >= 0.3 is 0 Å². The molecule has 16 heavy (non-hydrogen) atoms. The van der Waals surface area contributed by atoms with Crippen molar-refractivity contribution in [2.24, 2.45) is 11.8 Å². The lowest BCUT2D eigenvalue weighted by Gasteiger charge is -2.35. The molecule has 1 N–H and O–H groups in total. The van der Waals surface area contributed by atoms with Gasteiger partial charge in [-0.05, 0) is 32.2 Å². The molecule has 1 amide bonds. The zero-order valence-electron chi connectivity index (χ0n) is 9.45. The summed E-state index contributed by atoms with van der Waals surface area (Å²) in [5.41, 5.74) is 0. The van der Waals surface area contributed by atoms with Gasteiger partial charge in [0.1, 0.15) is 5.78 Å². The first kappa shape index (κ1) is 10.3. The SMILES string of the molecule is O=C(CN1CCCC2C(=O)NCC21)C1CC1. The lowest BCUT2D eigenvalue weighted by atomic mass is 9.91. The topological polar surface area (TPSA) is 49.4 Å². The zero-order valence-corrected chi connectivity index (χ0v) is 9.45. The lowest BCUT2D eigenvalue weighted by molar-refractivity contribution is -0.126. The number of nitrogens with one attached hydrogen (secondary N) is 1. The summed E-state index contributed by atoms with van der Waals surface area (Å²) >= 11 is 0. The molecule has 2 heterocycles. The molecule has 2 unspecified atom stereocenters. The molecule has 3 aliphatic rings. The minimum absolute atomic E-state index is 0.140. The normalized spacial score (nSPS) is 34.6. The van der Waals surface area contributed by atoms with Crippen LogP contribution in [0.4, 0.5) is 0 Å². The number of rotatable bonds is 3. The first-order valence-electron chi connectivity index (χ1n) is 6.30. The number of likely N-dealkylation sites (tertiary alicyclic amines) is 1. The van der Waals surface area contributed by atoms with Crippen molar-refractivity contribution in [3.05, 3.63) is 0 Å². The van der Waals surface area contributed by atoms with Crippen LogP contribution in [0.5, 0.6) is 0 Å². The van der Waals surface area contributed by atoms with Crippen molar-refractivity contribution < 1.29 is 9.59 Å². The third-order valence-corrected chi connectivity index (χ3v) is 4.11. The van der Waals surface area contributed by atoms with Crippen LogP contribution in [0.15, 0.2) is 0 Å². The molecule has 3 rings (SSSR count). The molecule has 88 valence electrons. The second kappa shape index (κ2) is 3.84. The van der Waals surface area contributed by atoms with Crippen LogP contribution in [0.3, 0.4) is 0 Å². The Hall–Kier alpha value is -0.900. The third-order valence-electron chi connectivity index (χ3n) is 4.11. The fourth-order valence-electron chi connectivity index (χ4n) is 2.97. The van der Waals surface area contributed by atoms with E-state index < -0.39 is 0 Å². The number of nitrogens with zero attached hydrogens (tertiary/aromatic N) is 1. The Morgan fingerprint density at radius 2 is 2.19 bits per heavy atom. The molecule has 0 aromatic carbocycles. The first-order chi connectivity index (χ1) is 7.75. The van der Waals surface area contributed by atoms with E-state index in [0.29, 0.717) is 18.2 Å². The molecule has 0 aromatic rings. The Labute approximate surface area is 95.4 Å². The van der Waals surface area contributed by atoms with Gasteiger partial charge in [0, 0.05) is 18.5 Å². The van der Waals surface area contributed by atoms with E-state index in [9.17, 15) is 9.59 Å². The average Bonchev–Trinajstić information content (AvgIpc) is 3.05. The largest absolute Gasteiger partial charge is 0.354 e. The monoisotopic (exact) mass is 222 g/mol. The van der Waals surface area contributed by atoms with Crippen molar-refractivity contribution in [1.29, 1.82) is 0 Å². The maximum absolute atomic E-state index is 11.8. The maximum Gasteiger partial charge on any atom is 0.224 e. The van der Waals surface area contributed by atoms with E-state index in [1.54, 1.807) is 0 Å². The van der Waals surface area contributed by atoms with Gasteiger partial charge in [0.2, 0.25) is 5.91 Å². The van der Waals surface area contributed by atoms with E-state index in [1.165, 1.54) is 0 Å². The molecule has 1 aliphatic carbocycles. The fourth-order valence-corrected chi connectivity index (χ4v) is 2.97. The molecule has 0 aromatic heterocycles. The molecule has 0 radical (unpaired) electrons. The highest BCUT2D eigenvalue weighted by Gasteiger charge is 2.42. The van der Waals surface area contributed by atoms with Crippen LogP contribution in [0.2, 0.25) is 0 Å². The summed E-state index contributed by atoms with van der Waals surface area (Å²) in [6.45, 7) is 2.29. The Morgan fingerprint density at radius 3 is 2.94 bits per heavy atom. The van der Waals surface area contributed by atoms with Crippen LogP contribution in [-0.2, 0) is 9.59 Å². The van der Waals surface area contributed by atoms with Crippen LogP contribution in [0.1, 0.15) is 25.7 Å². The van der Waals surface area contributed by atoms with Crippen LogP contribution >= 0.6 is 0 Å². The molecule has 3 fully saturated rings. The molecule has 4 heteroatoms. The highest BCUT2D eigenvalue weighted by Crippen LogP contribution is 2.32. The molecule has 2 saturated heterocycles. The lowest BCUT2D eigenvalue weighted by Crippen LogP contribution is -2.47. The summed E-state index contributed by atoms with van der Waals surface area (Å²) in [7, 11) is 0. The van der Waals surface area contributed by atoms with E-state index in [0.717, 1.165) is 38.8 Å². The van der Waals surface area contributed by atoms with Gasteiger partial charge in [-0.2, -0.15) is 0 Å². The Bertz CT molecular complexity index is 325. The van der Waals surface area contributed by atoms with Crippen LogP contribution in [0, 0.1) is 11.8 Å². The molecule has 0 bridgehead atoms. The van der Waals surface area contributed by atoms with Gasteiger partial charge in [0.05, 0.1) is 12.5 Å². The fraction of sp³-hybridized carbons (Fsp3) is 0.833. The molecule has 2 aliphatic heterocycles. The molecular weight excluding hydrogens is 204 g/mol. The maximum atomic E-state index is 11.8. The van der Waals surface area contributed by atoms with Gasteiger partial charge in [-0.1, -0.05) is 0 Å². The number of fused-ring (bicyclic) bond motifs is 1.